The van der Waals surface area contributed by atoms with E-state index in [1.54, 1.807) is 18.4 Å². The molecule has 0 bridgehead atoms. The van der Waals surface area contributed by atoms with Gasteiger partial charge in [0.15, 0.2) is 5.78 Å². The van der Waals surface area contributed by atoms with E-state index < -0.39 is 17.2 Å². The zero-order valence-electron chi connectivity index (χ0n) is 12.5. The molecule has 0 amide bonds. The minimum absolute atomic E-state index is 0.00715. The number of rotatable bonds is 2. The summed E-state index contributed by atoms with van der Waals surface area (Å²) in [4.78, 5) is 36.7. The number of esters is 1. The standard InChI is InChI=1S/C16H13ClFNO4/c1-3-23-16(22)9-6-19-7(2)4-11(20)12-13(17)10(18)5-8(14(12)19)15(9)21/h5-7H,3-4H2,1-2H3. The van der Waals surface area contributed by atoms with Crippen LogP contribution in [0.3, 0.4) is 0 Å². The first kappa shape index (κ1) is 15.7. The van der Waals surface area contributed by atoms with Crippen LogP contribution >= 0.6 is 11.6 Å². The molecule has 120 valence electrons. The number of hydrogen-bond donors (Lipinski definition) is 0. The van der Waals surface area contributed by atoms with Crippen LogP contribution in [-0.2, 0) is 4.74 Å². The highest BCUT2D eigenvalue weighted by molar-refractivity contribution is 6.36. The lowest BCUT2D eigenvalue weighted by Gasteiger charge is -2.26. The molecule has 5 nitrogen and oxygen atoms in total. The Hall–Kier alpha value is -2.21. The minimum Gasteiger partial charge on any atom is -0.462 e. The molecule has 0 spiro atoms. The van der Waals surface area contributed by atoms with Crippen LogP contribution in [0.1, 0.15) is 47.0 Å². The summed E-state index contributed by atoms with van der Waals surface area (Å²) < 4.78 is 20.5. The normalized spacial score (nSPS) is 16.7. The van der Waals surface area contributed by atoms with Crippen LogP contribution in [0.25, 0.3) is 10.9 Å². The summed E-state index contributed by atoms with van der Waals surface area (Å²) in [5, 5.41) is -0.348. The number of halogens is 2. The Kier molecular flexibility index (Phi) is 3.72. The molecule has 1 aliphatic rings. The number of Topliss-reactive ketones (excluding diaryl/α,β-unsaturated/α-hetero) is 1. The SMILES string of the molecule is CCOC(=O)c1cn2c3c(c(Cl)c(F)cc3c1=O)C(=O)CC2C. The maximum absolute atomic E-state index is 14.0. The molecule has 7 heteroatoms. The Morgan fingerprint density at radius 3 is 2.83 bits per heavy atom. The Morgan fingerprint density at radius 2 is 2.17 bits per heavy atom. The summed E-state index contributed by atoms with van der Waals surface area (Å²) in [6.45, 7) is 3.51. The van der Waals surface area contributed by atoms with E-state index in [0.717, 1.165) is 6.07 Å². The van der Waals surface area contributed by atoms with Crippen LogP contribution in [0.15, 0.2) is 17.1 Å². The van der Waals surface area contributed by atoms with E-state index >= 15 is 0 Å². The summed E-state index contributed by atoms with van der Waals surface area (Å²) in [6, 6.07) is 0.682. The van der Waals surface area contributed by atoms with E-state index in [1.165, 1.54) is 6.20 Å². The molecule has 2 heterocycles. The molecule has 1 atom stereocenters. The minimum atomic E-state index is -0.860. The van der Waals surface area contributed by atoms with Gasteiger partial charge in [0.2, 0.25) is 5.43 Å². The monoisotopic (exact) mass is 337 g/mol. The molecule has 0 aliphatic carbocycles. The van der Waals surface area contributed by atoms with Gasteiger partial charge in [0, 0.05) is 18.7 Å². The van der Waals surface area contributed by atoms with E-state index in [2.05, 4.69) is 0 Å². The predicted molar refractivity (Wildman–Crippen MR) is 82.8 cm³/mol. The van der Waals surface area contributed by atoms with Gasteiger partial charge in [-0.15, -0.1) is 0 Å². The maximum atomic E-state index is 14.0. The highest BCUT2D eigenvalue weighted by atomic mass is 35.5. The second kappa shape index (κ2) is 5.45. The molecule has 1 aromatic carbocycles. The van der Waals surface area contributed by atoms with Crippen LogP contribution < -0.4 is 5.43 Å². The summed E-state index contributed by atoms with van der Waals surface area (Å²) in [7, 11) is 0. The number of ketones is 1. The largest absolute Gasteiger partial charge is 0.462 e. The van der Waals surface area contributed by atoms with E-state index in [4.69, 9.17) is 16.3 Å². The molecule has 0 saturated heterocycles. The number of hydrogen-bond acceptors (Lipinski definition) is 4. The summed E-state index contributed by atoms with van der Waals surface area (Å²) >= 11 is 5.92. The summed E-state index contributed by atoms with van der Waals surface area (Å²) in [6.07, 6.45) is 1.47. The molecule has 1 aromatic heterocycles. The molecule has 2 aromatic rings. The smallest absolute Gasteiger partial charge is 0.343 e. The van der Waals surface area contributed by atoms with Crippen molar-refractivity contribution in [1.29, 1.82) is 0 Å². The van der Waals surface area contributed by atoms with E-state index in [1.807, 2.05) is 0 Å². The zero-order chi connectivity index (χ0) is 16.9. The van der Waals surface area contributed by atoms with E-state index in [9.17, 15) is 18.8 Å². The Balaban J connectivity index is 2.47. The number of carbonyl (C=O) groups is 2. The molecule has 0 saturated carbocycles. The van der Waals surface area contributed by atoms with Crippen LogP contribution in [-0.4, -0.2) is 22.9 Å². The van der Waals surface area contributed by atoms with Gasteiger partial charge < -0.3 is 9.30 Å². The number of aromatic nitrogens is 1. The average molecular weight is 338 g/mol. The Bertz CT molecular complexity index is 919. The maximum Gasteiger partial charge on any atom is 0.343 e. The van der Waals surface area contributed by atoms with Gasteiger partial charge in [-0.25, -0.2) is 9.18 Å². The van der Waals surface area contributed by atoms with Gasteiger partial charge in [0.1, 0.15) is 11.4 Å². The van der Waals surface area contributed by atoms with E-state index in [-0.39, 0.29) is 51.9 Å². The third-order valence-corrected chi connectivity index (χ3v) is 4.31. The average Bonchev–Trinajstić information content (AvgIpc) is 2.48. The van der Waals surface area contributed by atoms with Crippen molar-refractivity contribution in [2.45, 2.75) is 26.3 Å². The van der Waals surface area contributed by atoms with Crippen LogP contribution in [0.5, 0.6) is 0 Å². The highest BCUT2D eigenvalue weighted by Gasteiger charge is 2.30. The first-order valence-corrected chi connectivity index (χ1v) is 7.51. The molecule has 0 radical (unpaired) electrons. The van der Waals surface area contributed by atoms with Gasteiger partial charge in [0.05, 0.1) is 28.1 Å². The van der Waals surface area contributed by atoms with Crippen molar-refractivity contribution in [2.75, 3.05) is 6.61 Å². The summed E-state index contributed by atoms with van der Waals surface area (Å²) in [5.74, 6) is -1.96. The fraction of sp³-hybridized carbons (Fsp3) is 0.312. The van der Waals surface area contributed by atoms with E-state index in [0.29, 0.717) is 0 Å². The third-order valence-electron chi connectivity index (χ3n) is 3.94. The first-order valence-electron chi connectivity index (χ1n) is 7.14. The molecular weight excluding hydrogens is 325 g/mol. The van der Waals surface area contributed by atoms with Gasteiger partial charge in [0.25, 0.3) is 0 Å². The van der Waals surface area contributed by atoms with Crippen molar-refractivity contribution < 1.29 is 18.7 Å². The van der Waals surface area contributed by atoms with Crippen molar-refractivity contribution in [3.8, 4) is 0 Å². The first-order chi connectivity index (χ1) is 10.9. The molecule has 0 fully saturated rings. The number of pyridine rings is 1. The number of benzene rings is 1. The molecule has 0 N–H and O–H groups in total. The lowest BCUT2D eigenvalue weighted by molar-refractivity contribution is 0.0524. The quantitative estimate of drug-likeness (QED) is 0.790. The predicted octanol–water partition coefficient (Wildman–Crippen LogP) is 3.12. The molecule has 23 heavy (non-hydrogen) atoms. The van der Waals surface area contributed by atoms with Gasteiger partial charge in [-0.3, -0.25) is 9.59 Å². The van der Waals surface area contributed by atoms with Crippen LogP contribution in [0.4, 0.5) is 4.39 Å². The lowest BCUT2D eigenvalue weighted by atomic mass is 9.94. The van der Waals surface area contributed by atoms with Crippen molar-refractivity contribution in [1.82, 2.24) is 4.57 Å². The second-order valence-electron chi connectivity index (χ2n) is 5.42. The van der Waals surface area contributed by atoms with Crippen LogP contribution in [0, 0.1) is 5.82 Å². The number of nitrogens with zero attached hydrogens (tertiary/aromatic N) is 1. The molecule has 1 aliphatic heterocycles. The Labute approximate surface area is 135 Å². The Morgan fingerprint density at radius 1 is 1.48 bits per heavy atom. The molecule has 1 unspecified atom stereocenters. The van der Waals surface area contributed by atoms with Gasteiger partial charge in [-0.2, -0.15) is 0 Å². The number of ether oxygens (including phenoxy) is 1. The summed E-state index contributed by atoms with van der Waals surface area (Å²) in [5.41, 5.74) is -0.605. The van der Waals surface area contributed by atoms with Gasteiger partial charge >= 0.3 is 5.97 Å². The van der Waals surface area contributed by atoms with Gasteiger partial charge in [-0.1, -0.05) is 11.6 Å². The highest BCUT2D eigenvalue weighted by Crippen LogP contribution is 2.35. The lowest BCUT2D eigenvalue weighted by Crippen LogP contribution is -2.27. The fourth-order valence-corrected chi connectivity index (χ4v) is 3.14. The van der Waals surface area contributed by atoms with Crippen LogP contribution in [0.2, 0.25) is 5.02 Å². The van der Waals surface area contributed by atoms with Gasteiger partial charge in [-0.05, 0) is 19.9 Å². The fourth-order valence-electron chi connectivity index (χ4n) is 2.89. The second-order valence-corrected chi connectivity index (χ2v) is 5.80. The van der Waals surface area contributed by atoms with Crippen molar-refractivity contribution in [2.24, 2.45) is 0 Å². The number of carbonyl (C=O) groups excluding carboxylic acids is 2. The van der Waals surface area contributed by atoms with Crippen molar-refractivity contribution in [3.63, 3.8) is 0 Å². The zero-order valence-corrected chi connectivity index (χ0v) is 13.2. The molecular formula is C16H13ClFNO4. The van der Waals surface area contributed by atoms with Crippen molar-refractivity contribution in [3.05, 3.63) is 44.5 Å². The van der Waals surface area contributed by atoms with Crippen molar-refractivity contribution >= 4 is 34.3 Å². The third kappa shape index (κ3) is 2.25. The topological polar surface area (TPSA) is 65.4 Å². The molecule has 3 rings (SSSR count).